The first-order valence-electron chi connectivity index (χ1n) is 5.44. The standard InChI is InChI=1S/C10H20N2OS2/c1-3-11-8(2)6-12-10(13)9-7-14-4-5-15-9/h8-9,11H,3-7H2,1-2H3,(H,12,13)/t8-,9?/m1/s1. The molecule has 2 atom stereocenters. The first-order valence-corrected chi connectivity index (χ1v) is 7.64. The van der Waals surface area contributed by atoms with Crippen LogP contribution in [0.3, 0.4) is 0 Å². The molecule has 15 heavy (non-hydrogen) atoms. The lowest BCUT2D eigenvalue weighted by atomic mass is 10.3. The van der Waals surface area contributed by atoms with E-state index in [4.69, 9.17) is 0 Å². The second kappa shape index (κ2) is 7.41. The van der Waals surface area contributed by atoms with Crippen molar-refractivity contribution in [1.29, 1.82) is 0 Å². The van der Waals surface area contributed by atoms with Gasteiger partial charge in [-0.05, 0) is 13.5 Å². The molecule has 0 aromatic rings. The van der Waals surface area contributed by atoms with Gasteiger partial charge in [-0.25, -0.2) is 0 Å². The second-order valence-electron chi connectivity index (χ2n) is 3.64. The van der Waals surface area contributed by atoms with Crippen LogP contribution in [-0.2, 0) is 4.79 Å². The van der Waals surface area contributed by atoms with Crippen molar-refractivity contribution in [2.45, 2.75) is 25.1 Å². The average molecular weight is 248 g/mol. The van der Waals surface area contributed by atoms with Crippen LogP contribution in [0, 0.1) is 0 Å². The van der Waals surface area contributed by atoms with Gasteiger partial charge in [0.1, 0.15) is 0 Å². The summed E-state index contributed by atoms with van der Waals surface area (Å²) in [6.45, 7) is 5.85. The topological polar surface area (TPSA) is 41.1 Å². The van der Waals surface area contributed by atoms with Gasteiger partial charge in [-0.2, -0.15) is 11.8 Å². The number of thioether (sulfide) groups is 2. The molecule has 1 heterocycles. The van der Waals surface area contributed by atoms with E-state index in [1.54, 1.807) is 11.8 Å². The van der Waals surface area contributed by atoms with Crippen LogP contribution < -0.4 is 10.6 Å². The van der Waals surface area contributed by atoms with Crippen LogP contribution in [0.4, 0.5) is 0 Å². The smallest absolute Gasteiger partial charge is 0.234 e. The van der Waals surface area contributed by atoms with E-state index in [9.17, 15) is 4.79 Å². The summed E-state index contributed by atoms with van der Waals surface area (Å²) in [5.74, 6) is 3.46. The fourth-order valence-corrected chi connectivity index (χ4v) is 4.01. The van der Waals surface area contributed by atoms with Gasteiger partial charge >= 0.3 is 0 Å². The van der Waals surface area contributed by atoms with Crippen molar-refractivity contribution in [3.8, 4) is 0 Å². The van der Waals surface area contributed by atoms with Crippen LogP contribution in [0.15, 0.2) is 0 Å². The molecule has 1 aliphatic rings. The number of nitrogens with one attached hydrogen (secondary N) is 2. The third kappa shape index (κ3) is 5.13. The minimum Gasteiger partial charge on any atom is -0.354 e. The molecule has 0 spiro atoms. The third-order valence-electron chi connectivity index (χ3n) is 2.24. The van der Waals surface area contributed by atoms with Gasteiger partial charge in [0.05, 0.1) is 5.25 Å². The zero-order valence-electron chi connectivity index (χ0n) is 9.41. The molecule has 1 saturated heterocycles. The molecule has 0 aromatic heterocycles. The second-order valence-corrected chi connectivity index (χ2v) is 6.10. The summed E-state index contributed by atoms with van der Waals surface area (Å²) >= 11 is 3.66. The van der Waals surface area contributed by atoms with Crippen LogP contribution in [0.5, 0.6) is 0 Å². The number of amides is 1. The molecule has 5 heteroatoms. The fraction of sp³-hybridized carbons (Fsp3) is 0.900. The Balaban J connectivity index is 2.16. The summed E-state index contributed by atoms with van der Waals surface area (Å²) < 4.78 is 0. The van der Waals surface area contributed by atoms with Crippen LogP contribution in [0.25, 0.3) is 0 Å². The molecular weight excluding hydrogens is 228 g/mol. The summed E-state index contributed by atoms with van der Waals surface area (Å²) in [5, 5.41) is 6.44. The van der Waals surface area contributed by atoms with Crippen LogP contribution >= 0.6 is 23.5 Å². The van der Waals surface area contributed by atoms with Gasteiger partial charge in [-0.1, -0.05) is 6.92 Å². The molecule has 0 aromatic carbocycles. The monoisotopic (exact) mass is 248 g/mol. The van der Waals surface area contributed by atoms with E-state index < -0.39 is 0 Å². The SMILES string of the molecule is CCN[C@H](C)CNC(=O)C1CSCCS1. The Morgan fingerprint density at radius 1 is 1.53 bits per heavy atom. The average Bonchev–Trinajstić information content (AvgIpc) is 2.27. The summed E-state index contributed by atoms with van der Waals surface area (Å²) in [4.78, 5) is 11.7. The summed E-state index contributed by atoms with van der Waals surface area (Å²) in [7, 11) is 0. The zero-order valence-corrected chi connectivity index (χ0v) is 11.0. The van der Waals surface area contributed by atoms with E-state index in [0.717, 1.165) is 24.6 Å². The minimum absolute atomic E-state index is 0.164. The van der Waals surface area contributed by atoms with E-state index in [2.05, 4.69) is 24.5 Å². The van der Waals surface area contributed by atoms with Gasteiger partial charge < -0.3 is 10.6 Å². The summed E-state index contributed by atoms with van der Waals surface area (Å²) in [6.07, 6.45) is 0. The summed E-state index contributed by atoms with van der Waals surface area (Å²) in [5.41, 5.74) is 0. The zero-order chi connectivity index (χ0) is 11.1. The molecule has 1 aliphatic heterocycles. The van der Waals surface area contributed by atoms with Gasteiger partial charge in [0, 0.05) is 29.8 Å². The fourth-order valence-electron chi connectivity index (χ4n) is 1.43. The van der Waals surface area contributed by atoms with Crippen LogP contribution in [0.2, 0.25) is 0 Å². The van der Waals surface area contributed by atoms with E-state index in [0.29, 0.717) is 6.04 Å². The Morgan fingerprint density at radius 3 is 2.93 bits per heavy atom. The van der Waals surface area contributed by atoms with Gasteiger partial charge in [0.25, 0.3) is 0 Å². The van der Waals surface area contributed by atoms with Crippen molar-refractivity contribution in [3.05, 3.63) is 0 Å². The van der Waals surface area contributed by atoms with Crippen LogP contribution in [0.1, 0.15) is 13.8 Å². The van der Waals surface area contributed by atoms with E-state index in [1.807, 2.05) is 11.8 Å². The van der Waals surface area contributed by atoms with Gasteiger partial charge in [-0.3, -0.25) is 4.79 Å². The maximum absolute atomic E-state index is 11.7. The highest BCUT2D eigenvalue weighted by molar-refractivity contribution is 8.07. The van der Waals surface area contributed by atoms with Gasteiger partial charge in [0.2, 0.25) is 5.91 Å². The number of hydrogen-bond donors (Lipinski definition) is 2. The maximum Gasteiger partial charge on any atom is 0.234 e. The Kier molecular flexibility index (Phi) is 6.52. The Bertz CT molecular complexity index is 196. The van der Waals surface area contributed by atoms with Crippen LogP contribution in [-0.4, -0.2) is 47.5 Å². The van der Waals surface area contributed by atoms with Crippen molar-refractivity contribution in [1.82, 2.24) is 10.6 Å². The van der Waals surface area contributed by atoms with E-state index >= 15 is 0 Å². The van der Waals surface area contributed by atoms with Gasteiger partial charge in [-0.15, -0.1) is 11.8 Å². The number of carbonyl (C=O) groups is 1. The molecule has 1 rings (SSSR count). The predicted molar refractivity (Wildman–Crippen MR) is 69.7 cm³/mol. The molecule has 1 unspecified atom stereocenters. The molecule has 1 fully saturated rings. The molecule has 88 valence electrons. The summed E-state index contributed by atoms with van der Waals surface area (Å²) in [6, 6.07) is 0.361. The van der Waals surface area contributed by atoms with Gasteiger partial charge in [0.15, 0.2) is 0 Å². The molecule has 3 nitrogen and oxygen atoms in total. The van der Waals surface area contributed by atoms with Crippen molar-refractivity contribution in [2.75, 3.05) is 30.3 Å². The quantitative estimate of drug-likeness (QED) is 0.760. The number of likely N-dealkylation sites (N-methyl/N-ethyl adjacent to an activating group) is 1. The van der Waals surface area contributed by atoms with Crippen molar-refractivity contribution in [3.63, 3.8) is 0 Å². The third-order valence-corrected chi connectivity index (χ3v) is 5.00. The Morgan fingerprint density at radius 2 is 2.33 bits per heavy atom. The molecule has 0 radical (unpaired) electrons. The normalized spacial score (nSPS) is 23.5. The molecule has 0 aliphatic carbocycles. The molecule has 2 N–H and O–H groups in total. The molecule has 0 saturated carbocycles. The Labute approximate surface area is 101 Å². The lowest BCUT2D eigenvalue weighted by Gasteiger charge is -2.21. The highest BCUT2D eigenvalue weighted by Gasteiger charge is 2.21. The lowest BCUT2D eigenvalue weighted by Crippen LogP contribution is -2.43. The number of carbonyl (C=O) groups excluding carboxylic acids is 1. The minimum atomic E-state index is 0.164. The van der Waals surface area contributed by atoms with E-state index in [1.165, 1.54) is 5.75 Å². The largest absolute Gasteiger partial charge is 0.354 e. The highest BCUT2D eigenvalue weighted by Crippen LogP contribution is 2.23. The van der Waals surface area contributed by atoms with E-state index in [-0.39, 0.29) is 11.2 Å². The van der Waals surface area contributed by atoms with Crippen molar-refractivity contribution < 1.29 is 4.79 Å². The first-order chi connectivity index (χ1) is 7.24. The predicted octanol–water partition coefficient (Wildman–Crippen LogP) is 0.949. The molecule has 0 bridgehead atoms. The molecular formula is C10H20N2OS2. The number of rotatable bonds is 5. The van der Waals surface area contributed by atoms with Crippen molar-refractivity contribution in [2.24, 2.45) is 0 Å². The maximum atomic E-state index is 11.7. The number of hydrogen-bond acceptors (Lipinski definition) is 4. The highest BCUT2D eigenvalue weighted by atomic mass is 32.2. The Hall–Kier alpha value is 0.130. The lowest BCUT2D eigenvalue weighted by molar-refractivity contribution is -0.120. The molecule has 1 amide bonds. The van der Waals surface area contributed by atoms with Crippen molar-refractivity contribution >= 4 is 29.4 Å². The first kappa shape index (κ1) is 13.2.